The summed E-state index contributed by atoms with van der Waals surface area (Å²) in [5.74, 6) is 0. The molecule has 0 spiro atoms. The zero-order chi connectivity index (χ0) is 30.2. The molecule has 206 valence electrons. The fourth-order valence-electron chi connectivity index (χ4n) is 7.01. The summed E-state index contributed by atoms with van der Waals surface area (Å²) in [5, 5.41) is 35.7. The second kappa shape index (κ2) is 9.09. The highest BCUT2D eigenvalue weighted by Gasteiger charge is 2.24. The van der Waals surface area contributed by atoms with Crippen LogP contribution in [-0.4, -0.2) is 9.13 Å². The maximum atomic E-state index is 10.2. The van der Waals surface area contributed by atoms with Crippen LogP contribution in [0.5, 0.6) is 0 Å². The Bertz CT molecular complexity index is 2850. The summed E-state index contributed by atoms with van der Waals surface area (Å²) in [7, 11) is 0. The molecule has 6 aromatic carbocycles. The third-order valence-electron chi connectivity index (χ3n) is 8.86. The van der Waals surface area contributed by atoms with Crippen molar-refractivity contribution in [2.45, 2.75) is 0 Å². The van der Waals surface area contributed by atoms with Gasteiger partial charge < -0.3 is 13.6 Å². The van der Waals surface area contributed by atoms with Gasteiger partial charge in [-0.15, -0.1) is 0 Å². The molecular weight excluding hydrogens is 554 g/mol. The Hall–Kier alpha value is -6.81. The molecule has 0 aliphatic heterocycles. The van der Waals surface area contributed by atoms with Gasteiger partial charge in [-0.25, -0.2) is 0 Å². The van der Waals surface area contributed by atoms with Gasteiger partial charge in [0.2, 0.25) is 0 Å². The highest BCUT2D eigenvalue weighted by molar-refractivity contribution is 6.29. The standard InChI is InChI=1S/C39H19N5O/c40-20-23-14-17-33(30(22-42)29(23)21-41)44-32-13-7-5-11-28(32)37-35(44)19-16-26-25-15-18-34-36(38(25)45-39(26)37)27-10-4-6-12-31(27)43(34)24-8-2-1-3-9-24/h1-19H. The zero-order valence-corrected chi connectivity index (χ0v) is 23.6. The monoisotopic (exact) mass is 573 g/mol. The van der Waals surface area contributed by atoms with Crippen molar-refractivity contribution in [3.05, 3.63) is 132 Å². The average Bonchev–Trinajstić information content (AvgIpc) is 3.75. The van der Waals surface area contributed by atoms with E-state index in [4.69, 9.17) is 4.42 Å². The first kappa shape index (κ1) is 24.8. The number of furan rings is 1. The number of nitriles is 3. The first-order valence-corrected chi connectivity index (χ1v) is 14.5. The van der Waals surface area contributed by atoms with Crippen molar-refractivity contribution in [2.24, 2.45) is 0 Å². The lowest BCUT2D eigenvalue weighted by Gasteiger charge is -2.11. The van der Waals surface area contributed by atoms with Crippen LogP contribution in [0.3, 0.4) is 0 Å². The van der Waals surface area contributed by atoms with E-state index in [1.807, 2.05) is 47.0 Å². The van der Waals surface area contributed by atoms with E-state index >= 15 is 0 Å². The second-order valence-corrected chi connectivity index (χ2v) is 11.0. The van der Waals surface area contributed by atoms with E-state index in [2.05, 4.69) is 83.4 Å². The smallest absolute Gasteiger partial charge is 0.145 e. The average molecular weight is 574 g/mol. The second-order valence-electron chi connectivity index (χ2n) is 11.0. The largest absolute Gasteiger partial charge is 0.455 e. The van der Waals surface area contributed by atoms with Crippen LogP contribution in [0.2, 0.25) is 0 Å². The third kappa shape index (κ3) is 3.19. The van der Waals surface area contributed by atoms with Crippen LogP contribution >= 0.6 is 0 Å². The first-order chi connectivity index (χ1) is 22.2. The van der Waals surface area contributed by atoms with Gasteiger partial charge in [0.1, 0.15) is 29.4 Å². The van der Waals surface area contributed by atoms with Crippen LogP contribution in [0.15, 0.2) is 120 Å². The van der Waals surface area contributed by atoms with Crippen LogP contribution in [0.25, 0.3) is 76.9 Å². The van der Waals surface area contributed by atoms with Gasteiger partial charge in [-0.3, -0.25) is 0 Å². The molecule has 0 unspecified atom stereocenters. The maximum absolute atomic E-state index is 10.2. The van der Waals surface area contributed by atoms with Crippen LogP contribution in [0, 0.1) is 34.0 Å². The molecule has 9 aromatic rings. The Labute approximate surface area is 256 Å². The molecule has 9 rings (SSSR count). The zero-order valence-electron chi connectivity index (χ0n) is 23.6. The predicted octanol–water partition coefficient (Wildman–Crippen LogP) is 9.40. The summed E-state index contributed by atoms with van der Waals surface area (Å²) in [4.78, 5) is 0. The normalized spacial score (nSPS) is 11.5. The van der Waals surface area contributed by atoms with Gasteiger partial charge in [-0.1, -0.05) is 54.6 Å². The molecule has 0 radical (unpaired) electrons. The lowest BCUT2D eigenvalue weighted by molar-refractivity contribution is 0.677. The lowest BCUT2D eigenvalue weighted by atomic mass is 10.0. The minimum absolute atomic E-state index is 0.0745. The molecule has 45 heavy (non-hydrogen) atoms. The number of hydrogen-bond acceptors (Lipinski definition) is 4. The Kier molecular flexibility index (Phi) is 5.00. The number of para-hydroxylation sites is 3. The van der Waals surface area contributed by atoms with Gasteiger partial charge in [0.05, 0.1) is 55.2 Å². The van der Waals surface area contributed by atoms with E-state index in [9.17, 15) is 15.8 Å². The topological polar surface area (TPSA) is 94.4 Å². The summed E-state index contributed by atoms with van der Waals surface area (Å²) in [6.45, 7) is 0. The summed E-state index contributed by atoms with van der Waals surface area (Å²) in [6.07, 6.45) is 0. The molecule has 0 atom stereocenters. The molecule has 6 heteroatoms. The molecule has 0 fully saturated rings. The van der Waals surface area contributed by atoms with Gasteiger partial charge in [0.15, 0.2) is 0 Å². The van der Waals surface area contributed by atoms with Gasteiger partial charge in [0, 0.05) is 27.2 Å². The Morgan fingerprint density at radius 1 is 0.444 bits per heavy atom. The fourth-order valence-corrected chi connectivity index (χ4v) is 7.01. The van der Waals surface area contributed by atoms with Crippen molar-refractivity contribution >= 4 is 65.6 Å². The summed E-state index contributed by atoms with van der Waals surface area (Å²) >= 11 is 0. The van der Waals surface area contributed by atoms with Crippen molar-refractivity contribution in [1.82, 2.24) is 9.13 Å². The van der Waals surface area contributed by atoms with Crippen molar-refractivity contribution in [2.75, 3.05) is 0 Å². The minimum atomic E-state index is 0.0745. The Morgan fingerprint density at radius 3 is 1.60 bits per heavy atom. The molecule has 0 bridgehead atoms. The number of rotatable bonds is 2. The van der Waals surface area contributed by atoms with Crippen LogP contribution in [0.1, 0.15) is 16.7 Å². The number of aromatic nitrogens is 2. The molecule has 0 aliphatic rings. The van der Waals surface area contributed by atoms with E-state index in [0.29, 0.717) is 5.69 Å². The van der Waals surface area contributed by atoms with Crippen molar-refractivity contribution < 1.29 is 4.42 Å². The molecule has 6 nitrogen and oxygen atoms in total. The van der Waals surface area contributed by atoms with Gasteiger partial charge >= 0.3 is 0 Å². The SMILES string of the molecule is N#Cc1ccc(-n2c3ccccc3c3c4oc5c(ccc6c5c5ccccc5n6-c5ccccc5)c4ccc32)c(C#N)c1C#N. The molecule has 3 aromatic heterocycles. The van der Waals surface area contributed by atoms with Crippen LogP contribution in [-0.2, 0) is 0 Å². The van der Waals surface area contributed by atoms with Gasteiger partial charge in [0.25, 0.3) is 0 Å². The summed E-state index contributed by atoms with van der Waals surface area (Å²) < 4.78 is 11.2. The number of nitrogens with zero attached hydrogens (tertiary/aromatic N) is 5. The van der Waals surface area contributed by atoms with E-state index in [1.165, 1.54) is 0 Å². The molecule has 0 saturated carbocycles. The minimum Gasteiger partial charge on any atom is -0.455 e. The fraction of sp³-hybridized carbons (Fsp3) is 0. The molecule has 3 heterocycles. The molecule has 0 N–H and O–H groups in total. The lowest BCUT2D eigenvalue weighted by Crippen LogP contribution is -2.01. The van der Waals surface area contributed by atoms with Gasteiger partial charge in [-0.2, -0.15) is 15.8 Å². The first-order valence-electron chi connectivity index (χ1n) is 14.5. The third-order valence-corrected chi connectivity index (χ3v) is 8.86. The molecule has 0 amide bonds. The van der Waals surface area contributed by atoms with E-state index < -0.39 is 0 Å². The molecule has 0 aliphatic carbocycles. The maximum Gasteiger partial charge on any atom is 0.145 e. The Morgan fingerprint density at radius 2 is 1.00 bits per heavy atom. The van der Waals surface area contributed by atoms with Crippen LogP contribution in [0.4, 0.5) is 0 Å². The summed E-state index contributed by atoms with van der Waals surface area (Å²) in [6, 6.07) is 44.9. The number of fused-ring (bicyclic) bond motifs is 11. The van der Waals surface area contributed by atoms with E-state index in [-0.39, 0.29) is 16.7 Å². The van der Waals surface area contributed by atoms with Crippen molar-refractivity contribution in [3.8, 4) is 29.6 Å². The molecule has 0 saturated heterocycles. The highest BCUT2D eigenvalue weighted by Crippen LogP contribution is 2.45. The quantitative estimate of drug-likeness (QED) is 0.206. The summed E-state index contributed by atoms with van der Waals surface area (Å²) in [5.41, 5.74) is 7.50. The van der Waals surface area contributed by atoms with E-state index in [1.54, 1.807) is 12.1 Å². The Balaban J connectivity index is 1.44. The predicted molar refractivity (Wildman–Crippen MR) is 177 cm³/mol. The number of benzene rings is 6. The van der Waals surface area contributed by atoms with Crippen LogP contribution < -0.4 is 0 Å². The van der Waals surface area contributed by atoms with E-state index in [0.717, 1.165) is 71.2 Å². The highest BCUT2D eigenvalue weighted by atomic mass is 16.3. The van der Waals surface area contributed by atoms with Crippen molar-refractivity contribution in [3.63, 3.8) is 0 Å². The number of hydrogen-bond donors (Lipinski definition) is 0. The van der Waals surface area contributed by atoms with Crippen molar-refractivity contribution in [1.29, 1.82) is 15.8 Å². The van der Waals surface area contributed by atoms with Gasteiger partial charge in [-0.05, 0) is 60.7 Å². The molecular formula is C39H19N5O.